The molecule has 9 aliphatic rings. The first-order valence-corrected chi connectivity index (χ1v) is 22.6. The van der Waals surface area contributed by atoms with Crippen molar-refractivity contribution < 1.29 is 53.1 Å². The molecule has 13 nitrogen and oxygen atoms in total. The zero-order chi connectivity index (χ0) is 40.5. The van der Waals surface area contributed by atoms with Crippen LogP contribution >= 0.6 is 0 Å². The van der Waals surface area contributed by atoms with Crippen molar-refractivity contribution in [1.82, 2.24) is 10.6 Å². The Kier molecular flexibility index (Phi) is 9.46. The van der Waals surface area contributed by atoms with Crippen LogP contribution in [0.5, 0.6) is 0 Å². The lowest BCUT2D eigenvalue weighted by atomic mass is 9.32. The Bertz CT molecular complexity index is 1800. The van der Waals surface area contributed by atoms with Crippen LogP contribution in [0.2, 0.25) is 0 Å². The van der Waals surface area contributed by atoms with Gasteiger partial charge in [0, 0.05) is 47.5 Å². The molecule has 0 radical (unpaired) electrons. The van der Waals surface area contributed by atoms with E-state index in [9.17, 15) is 24.9 Å². The van der Waals surface area contributed by atoms with Crippen LogP contribution in [0.1, 0.15) is 128 Å². The first kappa shape index (κ1) is 39.7. The third kappa shape index (κ3) is 5.04. The quantitative estimate of drug-likeness (QED) is 0.123. The molecule has 13 unspecified atom stereocenters. The summed E-state index contributed by atoms with van der Waals surface area (Å²) < 4.78 is 33.1. The number of ketones is 1. The standard InChI is InChI=1S/C45H64N2O11/c1-40(2)33-32(50)34(51)44(26-11-5-6-12-26)31(43(33)23-55-39(53)42(38(43)58-40)16-8-9-17-42)14-18-41(3)35(56-37(52)36-45(41,44)57-36)28-15-19-54-30(28)20-25(29(49)22-48)10-4-7-13-27-21-46-24-47-27/h15,19,25-27,29,31,33-36,38,46-49,51H,4-14,16-18,20-24H2,1-3H3. The van der Waals surface area contributed by atoms with E-state index in [2.05, 4.69) is 17.6 Å². The third-order valence-corrected chi connectivity index (χ3v) is 17.9. The van der Waals surface area contributed by atoms with Crippen LogP contribution in [0.4, 0.5) is 0 Å². The largest absolute Gasteiger partial charge is 0.469 e. The highest BCUT2D eigenvalue weighted by molar-refractivity contribution is 5.92. The van der Waals surface area contributed by atoms with Crippen molar-refractivity contribution >= 4 is 17.7 Å². The minimum absolute atomic E-state index is 0.0454. The molecule has 5 saturated heterocycles. The predicted octanol–water partition coefficient (Wildman–Crippen LogP) is 4.04. The second kappa shape index (κ2) is 13.8. The number of hydrogen-bond donors (Lipinski definition) is 5. The van der Waals surface area contributed by atoms with Crippen LogP contribution in [0, 0.1) is 45.3 Å². The number of rotatable bonds is 11. The molecule has 0 amide bonds. The van der Waals surface area contributed by atoms with E-state index in [4.69, 9.17) is 23.4 Å². The lowest BCUT2D eigenvalue weighted by Crippen LogP contribution is -2.79. The Morgan fingerprint density at radius 2 is 1.74 bits per heavy atom. The molecule has 0 bridgehead atoms. The molecule has 13 atom stereocenters. The van der Waals surface area contributed by atoms with Crippen LogP contribution in [-0.4, -0.2) is 101 Å². The number of Topliss-reactive ketones (excluding diaryl/α,β-unsaturated/α-hetero) is 1. The fourth-order valence-electron chi connectivity index (χ4n) is 15.7. The Labute approximate surface area is 341 Å². The van der Waals surface area contributed by atoms with Gasteiger partial charge < -0.3 is 49.3 Å². The summed E-state index contributed by atoms with van der Waals surface area (Å²) in [6.45, 7) is 7.44. The molecular weight excluding hydrogens is 744 g/mol. The molecule has 4 aliphatic carbocycles. The van der Waals surface area contributed by atoms with Crippen molar-refractivity contribution in [2.75, 3.05) is 26.4 Å². The zero-order valence-electron chi connectivity index (χ0n) is 34.5. The second-order valence-electron chi connectivity index (χ2n) is 20.7. The van der Waals surface area contributed by atoms with Gasteiger partial charge in [-0.3, -0.25) is 9.59 Å². The van der Waals surface area contributed by atoms with Crippen LogP contribution in [0.15, 0.2) is 16.7 Å². The Balaban J connectivity index is 1.05. The van der Waals surface area contributed by atoms with Crippen molar-refractivity contribution in [2.45, 2.75) is 165 Å². The molecule has 9 fully saturated rings. The van der Waals surface area contributed by atoms with Crippen molar-refractivity contribution in [1.29, 1.82) is 0 Å². The van der Waals surface area contributed by atoms with Gasteiger partial charge in [0.2, 0.25) is 0 Å². The monoisotopic (exact) mass is 808 g/mol. The zero-order valence-corrected chi connectivity index (χ0v) is 34.5. The van der Waals surface area contributed by atoms with Gasteiger partial charge in [-0.2, -0.15) is 0 Å². The number of furan rings is 1. The molecule has 10 rings (SSSR count). The van der Waals surface area contributed by atoms with E-state index >= 15 is 4.79 Å². The van der Waals surface area contributed by atoms with E-state index in [1.165, 1.54) is 0 Å². The van der Waals surface area contributed by atoms with Crippen molar-refractivity contribution in [3.8, 4) is 0 Å². The number of ether oxygens (including phenoxy) is 4. The summed E-state index contributed by atoms with van der Waals surface area (Å²) in [6, 6.07) is 2.29. The molecule has 58 heavy (non-hydrogen) atoms. The number of aliphatic hydroxyl groups is 3. The third-order valence-electron chi connectivity index (χ3n) is 17.9. The smallest absolute Gasteiger partial charge is 0.339 e. The van der Waals surface area contributed by atoms with Gasteiger partial charge in [-0.25, -0.2) is 4.79 Å². The first-order chi connectivity index (χ1) is 27.8. The van der Waals surface area contributed by atoms with Gasteiger partial charge in [-0.15, -0.1) is 0 Å². The Hall–Kier alpha value is -2.39. The highest BCUT2D eigenvalue weighted by Gasteiger charge is 2.93. The maximum Gasteiger partial charge on any atom is 0.339 e. The number of esters is 2. The first-order valence-electron chi connectivity index (χ1n) is 22.6. The second-order valence-corrected chi connectivity index (χ2v) is 20.7. The SMILES string of the molecule is CC1(C)OC2C3(CCCC3)C(=O)OCC23C1C(=O)C(O)C1(C2CCCC2)C3CCC2(C)C(c3ccoc3CC(CCCCC3CNCN3)C(O)CO)OC(=O)C3OC321. The topological polar surface area (TPSA) is 189 Å². The van der Waals surface area contributed by atoms with Gasteiger partial charge in [0.05, 0.1) is 42.0 Å². The maximum absolute atomic E-state index is 15.4. The number of aliphatic hydroxyl groups excluding tert-OH is 3. The van der Waals surface area contributed by atoms with Gasteiger partial charge in [0.1, 0.15) is 30.2 Å². The van der Waals surface area contributed by atoms with Crippen molar-refractivity contribution in [3.63, 3.8) is 0 Å². The average Bonchev–Trinajstić information content (AvgIpc) is 3.89. The molecule has 1 aromatic heterocycles. The molecule has 5 N–H and O–H groups in total. The van der Waals surface area contributed by atoms with E-state index < -0.39 is 75.3 Å². The number of cyclic esters (lactones) is 2. The lowest BCUT2D eigenvalue weighted by Gasteiger charge is -2.70. The highest BCUT2D eigenvalue weighted by atomic mass is 16.7. The summed E-state index contributed by atoms with van der Waals surface area (Å²) in [7, 11) is 0. The molecule has 4 saturated carbocycles. The van der Waals surface area contributed by atoms with E-state index in [0.717, 1.165) is 71.0 Å². The molecular formula is C45H64N2O11. The number of carbonyl (C=O) groups is 3. The molecule has 13 heteroatoms. The molecule has 6 heterocycles. The average molecular weight is 809 g/mol. The van der Waals surface area contributed by atoms with Crippen LogP contribution in [-0.2, 0) is 39.8 Å². The number of carbonyl (C=O) groups excluding carboxylic acids is 3. The van der Waals surface area contributed by atoms with Crippen molar-refractivity contribution in [3.05, 3.63) is 23.7 Å². The molecule has 0 aromatic carbocycles. The molecule has 3 spiro atoms. The molecule has 1 aromatic rings. The number of epoxide rings is 1. The predicted molar refractivity (Wildman–Crippen MR) is 207 cm³/mol. The highest BCUT2D eigenvalue weighted by Crippen LogP contribution is 2.83. The fraction of sp³-hybridized carbons (Fsp3) is 0.844. The molecule has 320 valence electrons. The van der Waals surface area contributed by atoms with Gasteiger partial charge in [0.15, 0.2) is 11.9 Å². The number of fused-ring (bicyclic) bond motifs is 2. The summed E-state index contributed by atoms with van der Waals surface area (Å²) in [5.74, 6) is -1.86. The van der Waals surface area contributed by atoms with E-state index in [-0.39, 0.29) is 42.7 Å². The Morgan fingerprint density at radius 3 is 2.47 bits per heavy atom. The van der Waals surface area contributed by atoms with E-state index in [0.29, 0.717) is 55.9 Å². The maximum atomic E-state index is 15.4. The minimum Gasteiger partial charge on any atom is -0.469 e. The van der Waals surface area contributed by atoms with Gasteiger partial charge >= 0.3 is 11.9 Å². The number of unbranched alkanes of at least 4 members (excludes halogenated alkanes) is 1. The summed E-state index contributed by atoms with van der Waals surface area (Å²) in [5, 5.41) is 41.1. The van der Waals surface area contributed by atoms with Crippen LogP contribution in [0.3, 0.4) is 0 Å². The van der Waals surface area contributed by atoms with Crippen LogP contribution < -0.4 is 10.6 Å². The molecule has 5 aliphatic heterocycles. The summed E-state index contributed by atoms with van der Waals surface area (Å²) in [6.07, 6.45) is 8.51. The number of nitrogens with one attached hydrogen (secondary N) is 2. The summed E-state index contributed by atoms with van der Waals surface area (Å²) >= 11 is 0. The van der Waals surface area contributed by atoms with E-state index in [1.807, 2.05) is 19.9 Å². The lowest BCUT2D eigenvalue weighted by molar-refractivity contribution is -0.282. The van der Waals surface area contributed by atoms with Gasteiger partial charge in [-0.05, 0) is 89.0 Å². The van der Waals surface area contributed by atoms with E-state index in [1.54, 1.807) is 6.26 Å². The van der Waals surface area contributed by atoms with Gasteiger partial charge in [-0.1, -0.05) is 45.4 Å². The van der Waals surface area contributed by atoms with Crippen LogP contribution in [0.25, 0.3) is 0 Å². The van der Waals surface area contributed by atoms with Gasteiger partial charge in [0.25, 0.3) is 0 Å². The Morgan fingerprint density at radius 1 is 0.966 bits per heavy atom. The fourth-order valence-corrected chi connectivity index (χ4v) is 15.7. The summed E-state index contributed by atoms with van der Waals surface area (Å²) in [5.41, 5.74) is -5.29. The number of hydrogen-bond acceptors (Lipinski definition) is 13. The summed E-state index contributed by atoms with van der Waals surface area (Å²) in [4.78, 5) is 43.9. The van der Waals surface area contributed by atoms with Crippen molar-refractivity contribution in [2.24, 2.45) is 45.3 Å². The minimum atomic E-state index is -1.42. The normalized spacial score (nSPS) is 44.5.